The molecule has 1 aliphatic rings. The van der Waals surface area contributed by atoms with Gasteiger partial charge in [-0.1, -0.05) is 32.0 Å². The third-order valence-electron chi connectivity index (χ3n) is 5.63. The molecule has 1 aliphatic heterocycles. The van der Waals surface area contributed by atoms with Crippen LogP contribution in [0.4, 0.5) is 11.4 Å². The van der Waals surface area contributed by atoms with Crippen LogP contribution < -0.4 is 9.64 Å². The van der Waals surface area contributed by atoms with Gasteiger partial charge < -0.3 is 14.7 Å². The minimum atomic E-state index is -3.10. The van der Waals surface area contributed by atoms with Crippen molar-refractivity contribution in [2.24, 2.45) is 5.41 Å². The van der Waals surface area contributed by atoms with Crippen LogP contribution in [0.25, 0.3) is 0 Å². The average Bonchev–Trinajstić information content (AvgIpc) is 2.81. The second kappa shape index (κ2) is 9.17. The van der Waals surface area contributed by atoms with E-state index in [9.17, 15) is 13.9 Å². The molecule has 0 fully saturated rings. The van der Waals surface area contributed by atoms with Crippen LogP contribution in [0.15, 0.2) is 59.7 Å². The van der Waals surface area contributed by atoms with E-state index in [2.05, 4.69) is 41.3 Å². The maximum Gasteiger partial charge on any atom is 0.331 e. The second-order valence-electron chi connectivity index (χ2n) is 7.45. The zero-order valence-electron chi connectivity index (χ0n) is 16.9. The van der Waals surface area contributed by atoms with Crippen LogP contribution in [0, 0.1) is 8.99 Å². The fourth-order valence-corrected chi connectivity index (χ4v) is 6.63. The second-order valence-corrected chi connectivity index (χ2v) is 10.7. The number of carbonyl (C=O) groups is 1. The Labute approximate surface area is 192 Å². The zero-order chi connectivity index (χ0) is 21.9. The fourth-order valence-electron chi connectivity index (χ4n) is 3.74. The van der Waals surface area contributed by atoms with Crippen molar-refractivity contribution >= 4 is 50.5 Å². The zero-order valence-corrected chi connectivity index (χ0v) is 19.9. The number of fused-ring (bicyclic) bond motifs is 1. The van der Waals surface area contributed by atoms with Gasteiger partial charge in [-0.2, -0.15) is 10.6 Å². The molecular formula is C22H26INO5S. The van der Waals surface area contributed by atoms with Crippen molar-refractivity contribution in [3.05, 3.63) is 58.4 Å². The van der Waals surface area contributed by atoms with E-state index in [4.69, 9.17) is 9.84 Å². The van der Waals surface area contributed by atoms with Crippen LogP contribution in [0.1, 0.15) is 26.7 Å². The number of carboxylic acid groups (broad SMARTS) is 1. The summed E-state index contributed by atoms with van der Waals surface area (Å²) in [4.78, 5) is 13.3. The van der Waals surface area contributed by atoms with E-state index in [0.29, 0.717) is 17.2 Å². The summed E-state index contributed by atoms with van der Waals surface area (Å²) in [5.41, 5.74) is 1.46. The predicted molar refractivity (Wildman–Crippen MR) is 129 cm³/mol. The summed E-state index contributed by atoms with van der Waals surface area (Å²) in [5.74, 6) is -0.454. The molecule has 0 atom stereocenters. The lowest BCUT2D eigenvalue weighted by molar-refractivity contribution is -0.131. The van der Waals surface area contributed by atoms with Crippen LogP contribution in [0.2, 0.25) is 0 Å². The van der Waals surface area contributed by atoms with Gasteiger partial charge >= 0.3 is 5.97 Å². The molecule has 0 saturated heterocycles. The molecule has 30 heavy (non-hydrogen) atoms. The van der Waals surface area contributed by atoms with Gasteiger partial charge in [-0.25, -0.2) is 4.79 Å². The molecular weight excluding hydrogens is 517 g/mol. The number of para-hydroxylation sites is 1. The fraction of sp³-hybridized carbons (Fsp3) is 0.318. The van der Waals surface area contributed by atoms with Crippen molar-refractivity contribution in [1.29, 1.82) is 0 Å². The summed E-state index contributed by atoms with van der Waals surface area (Å²) in [6, 6.07) is 13.4. The lowest BCUT2D eigenvalue weighted by atomic mass is 9.83. The predicted octanol–water partition coefficient (Wildman–Crippen LogP) is 6.34. The van der Waals surface area contributed by atoms with Gasteiger partial charge in [0.25, 0.3) is 0 Å². The number of halogens is 1. The van der Waals surface area contributed by atoms with Gasteiger partial charge in [0.2, 0.25) is 0 Å². The van der Waals surface area contributed by atoms with Crippen molar-refractivity contribution in [2.75, 3.05) is 17.2 Å². The van der Waals surface area contributed by atoms with Crippen molar-refractivity contribution in [2.45, 2.75) is 31.6 Å². The monoisotopic (exact) mass is 543 g/mol. The van der Waals surface area contributed by atoms with Crippen LogP contribution >= 0.6 is 33.2 Å². The smallest absolute Gasteiger partial charge is 0.331 e. The molecule has 3 N–H and O–H groups in total. The highest BCUT2D eigenvalue weighted by Crippen LogP contribution is 2.61. The number of ether oxygens (including phenoxy) is 1. The molecule has 2 aromatic rings. The number of aliphatic carboxylic acids is 1. The lowest BCUT2D eigenvalue weighted by Crippen LogP contribution is -2.36. The Bertz CT molecular complexity index is 944. The van der Waals surface area contributed by atoms with Gasteiger partial charge in [-0.15, -0.1) is 0 Å². The molecule has 0 aromatic heterocycles. The largest absolute Gasteiger partial charge is 0.478 e. The van der Waals surface area contributed by atoms with Crippen molar-refractivity contribution in [3.8, 4) is 5.75 Å². The van der Waals surface area contributed by atoms with Gasteiger partial charge in [0.15, 0.2) is 0 Å². The summed E-state index contributed by atoms with van der Waals surface area (Å²) in [5, 5.41) is 8.79. The first-order chi connectivity index (χ1) is 14.2. The Morgan fingerprint density at radius 2 is 1.90 bits per heavy atom. The SMILES string of the molecule is CCC1(CC)CN(c2ccccc2)c2cc(I)c(O/C=C/C(=O)O)cc2S(O)(O)C1. The Balaban J connectivity index is 2.18. The van der Waals surface area contributed by atoms with E-state index in [1.54, 1.807) is 6.07 Å². The lowest BCUT2D eigenvalue weighted by Gasteiger charge is -2.40. The van der Waals surface area contributed by atoms with E-state index in [-0.39, 0.29) is 11.2 Å². The summed E-state index contributed by atoms with van der Waals surface area (Å²) in [6.07, 6.45) is 3.62. The Kier molecular flexibility index (Phi) is 7.01. The van der Waals surface area contributed by atoms with Crippen molar-refractivity contribution in [1.82, 2.24) is 0 Å². The van der Waals surface area contributed by atoms with E-state index in [1.165, 1.54) is 0 Å². The average molecular weight is 543 g/mol. The number of rotatable bonds is 6. The highest BCUT2D eigenvalue weighted by Gasteiger charge is 2.41. The topological polar surface area (TPSA) is 90.2 Å². The van der Waals surface area contributed by atoms with Gasteiger partial charge in [0.1, 0.15) is 5.75 Å². The molecule has 2 aromatic carbocycles. The Morgan fingerprint density at radius 3 is 2.50 bits per heavy atom. The number of benzene rings is 2. The Morgan fingerprint density at radius 1 is 1.23 bits per heavy atom. The molecule has 0 amide bonds. The number of nitrogens with zero attached hydrogens (tertiary/aromatic N) is 1. The molecule has 0 spiro atoms. The highest BCUT2D eigenvalue weighted by molar-refractivity contribution is 14.1. The molecule has 0 aliphatic carbocycles. The summed E-state index contributed by atoms with van der Waals surface area (Å²) >= 11 is 2.12. The van der Waals surface area contributed by atoms with Crippen LogP contribution in [0.5, 0.6) is 5.75 Å². The maximum atomic E-state index is 11.2. The number of anilines is 2. The highest BCUT2D eigenvalue weighted by atomic mass is 127. The number of hydrogen-bond acceptors (Lipinski definition) is 5. The molecule has 0 radical (unpaired) electrons. The molecule has 162 valence electrons. The Hall–Kier alpha value is -1.75. The van der Waals surface area contributed by atoms with E-state index in [1.807, 2.05) is 36.4 Å². The normalized spacial score (nSPS) is 18.5. The first-order valence-corrected chi connectivity index (χ1v) is 12.5. The van der Waals surface area contributed by atoms with Crippen molar-refractivity contribution in [3.63, 3.8) is 0 Å². The van der Waals surface area contributed by atoms with Crippen molar-refractivity contribution < 1.29 is 23.7 Å². The third kappa shape index (κ3) is 4.77. The van der Waals surface area contributed by atoms with Gasteiger partial charge in [-0.05, 0) is 53.6 Å². The molecule has 0 unspecified atom stereocenters. The van der Waals surface area contributed by atoms with Gasteiger partial charge in [-0.3, -0.25) is 9.11 Å². The molecule has 6 nitrogen and oxygen atoms in total. The van der Waals surface area contributed by atoms with Crippen LogP contribution in [-0.4, -0.2) is 32.5 Å². The molecule has 1 heterocycles. The first kappa shape index (κ1) is 22.9. The van der Waals surface area contributed by atoms with Gasteiger partial charge in [0.05, 0.1) is 26.5 Å². The number of carboxylic acids is 1. The number of hydrogen-bond donors (Lipinski definition) is 3. The standard InChI is InChI=1S/C22H26INO5S/c1-3-22(4-2)14-24(16-8-6-5-7-9-16)18-12-17(23)19(29-11-10-21(25)26)13-20(18)30(27,28)15-22/h5-13,27-28H,3-4,14-15H2,1-2H3,(H,25,26)/b11-10+. The minimum absolute atomic E-state index is 0.261. The summed E-state index contributed by atoms with van der Waals surface area (Å²) < 4.78 is 28.7. The van der Waals surface area contributed by atoms with E-state index < -0.39 is 16.6 Å². The molecule has 3 rings (SSSR count). The van der Waals surface area contributed by atoms with E-state index >= 15 is 0 Å². The van der Waals surface area contributed by atoms with Crippen LogP contribution in [-0.2, 0) is 4.79 Å². The minimum Gasteiger partial charge on any atom is -0.478 e. The van der Waals surface area contributed by atoms with Crippen LogP contribution in [0.3, 0.4) is 0 Å². The molecule has 8 heteroatoms. The summed E-state index contributed by atoms with van der Waals surface area (Å²) in [7, 11) is -3.10. The summed E-state index contributed by atoms with van der Waals surface area (Å²) in [6.45, 7) is 4.85. The maximum absolute atomic E-state index is 11.2. The van der Waals surface area contributed by atoms with Gasteiger partial charge in [0, 0.05) is 29.5 Å². The molecule has 0 saturated carbocycles. The third-order valence-corrected chi connectivity index (χ3v) is 8.52. The quantitative estimate of drug-likeness (QED) is 0.224. The van der Waals surface area contributed by atoms with E-state index in [0.717, 1.165) is 40.1 Å². The molecule has 0 bridgehead atoms. The first-order valence-electron chi connectivity index (χ1n) is 9.69.